The summed E-state index contributed by atoms with van der Waals surface area (Å²) in [6, 6.07) is 3.87. The van der Waals surface area contributed by atoms with Gasteiger partial charge in [0.2, 0.25) is 0 Å². The second kappa shape index (κ2) is 4.65. The topological polar surface area (TPSA) is 69.6 Å². The summed E-state index contributed by atoms with van der Waals surface area (Å²) in [5, 5.41) is 12.7. The highest BCUT2D eigenvalue weighted by molar-refractivity contribution is 6.43. The Labute approximate surface area is 120 Å². The predicted molar refractivity (Wildman–Crippen MR) is 75.1 cm³/mol. The minimum absolute atomic E-state index is 0.363. The van der Waals surface area contributed by atoms with E-state index in [4.69, 9.17) is 28.9 Å². The number of nitrogens with two attached hydrogens (primary N) is 1. The van der Waals surface area contributed by atoms with Gasteiger partial charge in [0.05, 0.1) is 21.8 Å². The molecule has 1 fully saturated rings. The lowest BCUT2D eigenvalue weighted by Crippen LogP contribution is -2.02. The summed E-state index contributed by atoms with van der Waals surface area (Å²) in [6.07, 6.45) is 2.25. The first-order valence-electron chi connectivity index (χ1n) is 6.14. The summed E-state index contributed by atoms with van der Waals surface area (Å²) in [6.45, 7) is 2.17. The third kappa shape index (κ3) is 2.17. The minimum Gasteiger partial charge on any atom is -0.397 e. The Bertz CT molecular complexity index is 601. The van der Waals surface area contributed by atoms with Crippen LogP contribution in [0.2, 0.25) is 10.0 Å². The Balaban J connectivity index is 2.02. The number of nitrogens with zero attached hydrogens (tertiary/aromatic N) is 4. The molecule has 1 aliphatic rings. The first kappa shape index (κ1) is 12.7. The van der Waals surface area contributed by atoms with Crippen LogP contribution in [0.15, 0.2) is 12.1 Å². The number of halogens is 2. The van der Waals surface area contributed by atoms with Crippen molar-refractivity contribution in [2.75, 3.05) is 5.73 Å². The van der Waals surface area contributed by atoms with Gasteiger partial charge in [-0.3, -0.25) is 0 Å². The lowest BCUT2D eigenvalue weighted by Gasteiger charge is -2.07. The highest BCUT2D eigenvalue weighted by Gasteiger charge is 2.39. The van der Waals surface area contributed by atoms with Gasteiger partial charge < -0.3 is 5.73 Å². The first-order valence-corrected chi connectivity index (χ1v) is 6.90. The van der Waals surface area contributed by atoms with Crippen molar-refractivity contribution >= 4 is 28.9 Å². The van der Waals surface area contributed by atoms with Crippen molar-refractivity contribution in [1.29, 1.82) is 0 Å². The van der Waals surface area contributed by atoms with Gasteiger partial charge in [-0.15, -0.1) is 5.10 Å². The number of tetrazole rings is 1. The predicted octanol–water partition coefficient (Wildman–Crippen LogP) is 3.20. The van der Waals surface area contributed by atoms with Crippen LogP contribution in [-0.4, -0.2) is 20.2 Å². The molecule has 19 heavy (non-hydrogen) atoms. The molecule has 5 nitrogen and oxygen atoms in total. The molecule has 2 atom stereocenters. The van der Waals surface area contributed by atoms with Gasteiger partial charge >= 0.3 is 0 Å². The number of benzene rings is 1. The maximum atomic E-state index is 6.05. The molecule has 0 spiro atoms. The molecule has 2 unspecified atom stereocenters. The van der Waals surface area contributed by atoms with Gasteiger partial charge in [0, 0.05) is 5.56 Å². The summed E-state index contributed by atoms with van der Waals surface area (Å²) in [7, 11) is 0. The SMILES string of the molecule is CCC1CC1n1nnnc1-c1cc(N)c(Cl)c(Cl)c1. The number of rotatable bonds is 3. The zero-order chi connectivity index (χ0) is 13.6. The molecule has 0 bridgehead atoms. The largest absolute Gasteiger partial charge is 0.397 e. The van der Waals surface area contributed by atoms with E-state index in [-0.39, 0.29) is 0 Å². The summed E-state index contributed by atoms with van der Waals surface area (Å²) in [5.41, 5.74) is 7.05. The average molecular weight is 298 g/mol. The summed E-state index contributed by atoms with van der Waals surface area (Å²) in [5.74, 6) is 1.34. The van der Waals surface area contributed by atoms with Gasteiger partial charge in [-0.1, -0.05) is 36.5 Å². The van der Waals surface area contributed by atoms with Crippen molar-refractivity contribution in [2.45, 2.75) is 25.8 Å². The van der Waals surface area contributed by atoms with Crippen molar-refractivity contribution in [1.82, 2.24) is 20.2 Å². The molecule has 100 valence electrons. The molecule has 7 heteroatoms. The fraction of sp³-hybridized carbons (Fsp3) is 0.417. The van der Waals surface area contributed by atoms with E-state index in [0.29, 0.717) is 33.5 Å². The van der Waals surface area contributed by atoms with Crippen LogP contribution in [0, 0.1) is 5.92 Å². The minimum atomic E-state index is 0.363. The smallest absolute Gasteiger partial charge is 0.182 e. The van der Waals surface area contributed by atoms with E-state index in [1.807, 2.05) is 4.68 Å². The van der Waals surface area contributed by atoms with Crippen molar-refractivity contribution in [2.24, 2.45) is 5.92 Å². The number of hydrogen-bond acceptors (Lipinski definition) is 4. The van der Waals surface area contributed by atoms with Gasteiger partial charge in [0.25, 0.3) is 0 Å². The Morgan fingerprint density at radius 1 is 1.42 bits per heavy atom. The number of nitrogen functional groups attached to an aromatic ring is 1. The van der Waals surface area contributed by atoms with Gasteiger partial charge in [-0.05, 0) is 34.9 Å². The fourth-order valence-electron chi connectivity index (χ4n) is 2.32. The van der Waals surface area contributed by atoms with Crippen molar-refractivity contribution in [3.8, 4) is 11.4 Å². The zero-order valence-electron chi connectivity index (χ0n) is 10.3. The number of anilines is 1. The van der Waals surface area contributed by atoms with Crippen molar-refractivity contribution < 1.29 is 0 Å². The third-order valence-corrected chi connectivity index (χ3v) is 4.35. The summed E-state index contributed by atoms with van der Waals surface area (Å²) in [4.78, 5) is 0. The molecule has 1 heterocycles. The molecule has 1 saturated carbocycles. The average Bonchev–Trinajstić information content (AvgIpc) is 3.02. The maximum absolute atomic E-state index is 6.05. The normalized spacial score (nSPS) is 21.6. The molecule has 2 aromatic rings. The van der Waals surface area contributed by atoms with Gasteiger partial charge in [-0.25, -0.2) is 4.68 Å². The molecule has 0 amide bonds. The molecule has 0 aliphatic heterocycles. The van der Waals surface area contributed by atoms with Crippen LogP contribution in [0.4, 0.5) is 5.69 Å². The molecular formula is C12H13Cl2N5. The summed E-state index contributed by atoms with van der Waals surface area (Å²) >= 11 is 12.0. The van der Waals surface area contributed by atoms with Crippen LogP contribution in [0.1, 0.15) is 25.8 Å². The molecule has 0 radical (unpaired) electrons. The third-order valence-electron chi connectivity index (χ3n) is 3.53. The van der Waals surface area contributed by atoms with Crippen LogP contribution in [-0.2, 0) is 0 Å². The highest BCUT2D eigenvalue weighted by Crippen LogP contribution is 2.46. The number of aromatic nitrogens is 4. The Hall–Kier alpha value is -1.33. The lowest BCUT2D eigenvalue weighted by molar-refractivity contribution is 0.563. The molecule has 1 aromatic carbocycles. The molecule has 0 saturated heterocycles. The van der Waals surface area contributed by atoms with E-state index >= 15 is 0 Å². The van der Waals surface area contributed by atoms with E-state index in [1.165, 1.54) is 0 Å². The standard InChI is InChI=1S/C12H13Cl2N5/c1-2-6-5-10(6)19-12(16-17-18-19)7-3-8(13)11(14)9(15)4-7/h3-4,6,10H,2,5,15H2,1H3. The van der Waals surface area contributed by atoms with E-state index in [9.17, 15) is 0 Å². The summed E-state index contributed by atoms with van der Waals surface area (Å²) < 4.78 is 1.85. The van der Waals surface area contributed by atoms with Crippen LogP contribution in [0.25, 0.3) is 11.4 Å². The van der Waals surface area contributed by atoms with E-state index in [1.54, 1.807) is 12.1 Å². The second-order valence-corrected chi connectivity index (χ2v) is 5.56. The second-order valence-electron chi connectivity index (χ2n) is 4.78. The highest BCUT2D eigenvalue weighted by atomic mass is 35.5. The van der Waals surface area contributed by atoms with Crippen molar-refractivity contribution in [3.05, 3.63) is 22.2 Å². The quantitative estimate of drug-likeness (QED) is 0.883. The maximum Gasteiger partial charge on any atom is 0.182 e. The van der Waals surface area contributed by atoms with Gasteiger partial charge in [0.15, 0.2) is 5.82 Å². The van der Waals surface area contributed by atoms with Crippen LogP contribution >= 0.6 is 23.2 Å². The first-order chi connectivity index (χ1) is 9.11. The van der Waals surface area contributed by atoms with E-state index < -0.39 is 0 Å². The zero-order valence-corrected chi connectivity index (χ0v) is 11.9. The monoisotopic (exact) mass is 297 g/mol. The van der Waals surface area contributed by atoms with Gasteiger partial charge in [-0.2, -0.15) is 0 Å². The van der Waals surface area contributed by atoms with E-state index in [0.717, 1.165) is 18.4 Å². The van der Waals surface area contributed by atoms with Crippen LogP contribution in [0.5, 0.6) is 0 Å². The van der Waals surface area contributed by atoms with Gasteiger partial charge in [0.1, 0.15) is 0 Å². The van der Waals surface area contributed by atoms with E-state index in [2.05, 4.69) is 22.4 Å². The Morgan fingerprint density at radius 2 is 2.21 bits per heavy atom. The van der Waals surface area contributed by atoms with Crippen molar-refractivity contribution in [3.63, 3.8) is 0 Å². The van der Waals surface area contributed by atoms with Crippen LogP contribution < -0.4 is 5.73 Å². The molecular weight excluding hydrogens is 285 g/mol. The molecule has 1 aromatic heterocycles. The fourth-order valence-corrected chi connectivity index (χ4v) is 2.65. The van der Waals surface area contributed by atoms with Crippen LogP contribution in [0.3, 0.4) is 0 Å². The molecule has 2 N–H and O–H groups in total. The molecule has 1 aliphatic carbocycles. The Morgan fingerprint density at radius 3 is 2.84 bits per heavy atom. The Kier molecular flexibility index (Phi) is 3.11. The molecule has 3 rings (SSSR count). The number of hydrogen-bond donors (Lipinski definition) is 1. The lowest BCUT2D eigenvalue weighted by atomic mass is 10.2.